The van der Waals surface area contributed by atoms with Crippen LogP contribution in [0.2, 0.25) is 0 Å². The normalized spacial score (nSPS) is 12.9. The van der Waals surface area contributed by atoms with Crippen LogP contribution >= 0.6 is 0 Å². The molecule has 3 heteroatoms. The first-order valence-corrected chi connectivity index (χ1v) is 5.84. The van der Waals surface area contributed by atoms with Crippen molar-refractivity contribution in [1.82, 2.24) is 4.98 Å². The maximum Gasteiger partial charge on any atom is 0.128 e. The Kier molecular flexibility index (Phi) is 4.74. The Labute approximate surface area is 98.1 Å². The molecule has 1 aromatic heterocycles. The fourth-order valence-corrected chi connectivity index (χ4v) is 1.82. The zero-order valence-corrected chi connectivity index (χ0v) is 10.6. The number of nitrogens with zero attached hydrogens (tertiary/aromatic N) is 2. The van der Waals surface area contributed by atoms with E-state index in [0.29, 0.717) is 12.0 Å². The minimum Gasteiger partial charge on any atom is -0.390 e. The van der Waals surface area contributed by atoms with Gasteiger partial charge in [-0.2, -0.15) is 0 Å². The average Bonchev–Trinajstić information content (AvgIpc) is 2.27. The second-order valence-electron chi connectivity index (χ2n) is 4.73. The third-order valence-corrected chi connectivity index (χ3v) is 2.79. The van der Waals surface area contributed by atoms with Crippen molar-refractivity contribution in [2.45, 2.75) is 39.8 Å². The largest absolute Gasteiger partial charge is 0.390 e. The summed E-state index contributed by atoms with van der Waals surface area (Å²) < 4.78 is 0. The summed E-state index contributed by atoms with van der Waals surface area (Å²) in [7, 11) is 2.05. The number of anilines is 1. The van der Waals surface area contributed by atoms with Gasteiger partial charge >= 0.3 is 0 Å². The number of rotatable bonds is 5. The lowest BCUT2D eigenvalue weighted by Gasteiger charge is -2.27. The van der Waals surface area contributed by atoms with E-state index < -0.39 is 0 Å². The molecule has 0 amide bonds. The molecule has 1 heterocycles. The zero-order valence-electron chi connectivity index (χ0n) is 10.6. The van der Waals surface area contributed by atoms with E-state index in [1.165, 1.54) is 0 Å². The van der Waals surface area contributed by atoms with Gasteiger partial charge in [0.15, 0.2) is 0 Å². The highest BCUT2D eigenvalue weighted by Gasteiger charge is 2.12. The van der Waals surface area contributed by atoms with E-state index in [1.807, 2.05) is 18.2 Å². The number of aromatic nitrogens is 1. The van der Waals surface area contributed by atoms with E-state index in [4.69, 9.17) is 5.11 Å². The first-order valence-electron chi connectivity index (χ1n) is 5.84. The number of hydrogen-bond donors (Lipinski definition) is 1. The fourth-order valence-electron chi connectivity index (χ4n) is 1.82. The molecule has 0 spiro atoms. The molecule has 90 valence electrons. The van der Waals surface area contributed by atoms with Gasteiger partial charge in [-0.15, -0.1) is 0 Å². The molecule has 1 N–H and O–H groups in total. The van der Waals surface area contributed by atoms with E-state index in [9.17, 15) is 0 Å². The van der Waals surface area contributed by atoms with Gasteiger partial charge in [-0.3, -0.25) is 0 Å². The Hall–Kier alpha value is -1.09. The Morgan fingerprint density at radius 3 is 2.56 bits per heavy atom. The molecule has 0 bridgehead atoms. The van der Waals surface area contributed by atoms with Crippen LogP contribution < -0.4 is 4.90 Å². The lowest BCUT2D eigenvalue weighted by Crippen LogP contribution is -2.30. The highest BCUT2D eigenvalue weighted by Crippen LogP contribution is 2.17. The molecule has 0 aliphatic carbocycles. The summed E-state index contributed by atoms with van der Waals surface area (Å²) in [4.78, 5) is 6.56. The van der Waals surface area contributed by atoms with Crippen LogP contribution in [0.1, 0.15) is 32.9 Å². The monoisotopic (exact) mass is 222 g/mol. The van der Waals surface area contributed by atoms with Gasteiger partial charge < -0.3 is 10.0 Å². The third-order valence-electron chi connectivity index (χ3n) is 2.79. The number of aliphatic hydroxyl groups is 1. The lowest BCUT2D eigenvalue weighted by molar-refractivity contribution is 0.277. The second kappa shape index (κ2) is 5.85. The molecular formula is C13H22N2O. The van der Waals surface area contributed by atoms with Gasteiger partial charge in [-0.1, -0.05) is 19.9 Å². The summed E-state index contributed by atoms with van der Waals surface area (Å²) in [6, 6.07) is 6.22. The Bertz CT molecular complexity index is 325. The summed E-state index contributed by atoms with van der Waals surface area (Å²) in [5.41, 5.74) is 0.723. The second-order valence-corrected chi connectivity index (χ2v) is 4.73. The van der Waals surface area contributed by atoms with Crippen molar-refractivity contribution in [1.29, 1.82) is 0 Å². The standard InChI is InChI=1S/C13H22N2O/c1-10(2)8-11(3)15(4)13-7-5-6-12(9-16)14-13/h5-7,10-11,16H,8-9H2,1-4H3. The van der Waals surface area contributed by atoms with Crippen molar-refractivity contribution in [3.8, 4) is 0 Å². The van der Waals surface area contributed by atoms with Crippen molar-refractivity contribution in [2.75, 3.05) is 11.9 Å². The zero-order chi connectivity index (χ0) is 12.1. The molecule has 0 aliphatic heterocycles. The predicted octanol–water partition coefficient (Wildman–Crippen LogP) is 2.44. The van der Waals surface area contributed by atoms with Crippen molar-refractivity contribution in [3.05, 3.63) is 23.9 Å². The van der Waals surface area contributed by atoms with Crippen molar-refractivity contribution in [2.24, 2.45) is 5.92 Å². The van der Waals surface area contributed by atoms with Crippen LogP contribution in [-0.2, 0) is 6.61 Å². The SMILES string of the molecule is CC(C)CC(C)N(C)c1cccc(CO)n1. The first-order chi connectivity index (χ1) is 7.54. The third kappa shape index (κ3) is 3.49. The minimum absolute atomic E-state index is 0.000240. The summed E-state index contributed by atoms with van der Waals surface area (Å²) in [6.45, 7) is 6.65. The number of aliphatic hydroxyl groups excluding tert-OH is 1. The topological polar surface area (TPSA) is 36.4 Å². The van der Waals surface area contributed by atoms with Crippen LogP contribution in [0, 0.1) is 5.92 Å². The maximum absolute atomic E-state index is 9.05. The first kappa shape index (κ1) is 13.0. The molecule has 0 aliphatic rings. The molecule has 16 heavy (non-hydrogen) atoms. The van der Waals surface area contributed by atoms with Crippen LogP contribution in [0.3, 0.4) is 0 Å². The average molecular weight is 222 g/mol. The highest BCUT2D eigenvalue weighted by atomic mass is 16.3. The van der Waals surface area contributed by atoms with Gasteiger partial charge in [0.2, 0.25) is 0 Å². The van der Waals surface area contributed by atoms with Gasteiger partial charge in [0, 0.05) is 13.1 Å². The van der Waals surface area contributed by atoms with E-state index in [-0.39, 0.29) is 6.61 Å². The van der Waals surface area contributed by atoms with Crippen LogP contribution in [0.15, 0.2) is 18.2 Å². The van der Waals surface area contributed by atoms with Gasteiger partial charge in [0.05, 0.1) is 12.3 Å². The van der Waals surface area contributed by atoms with Crippen molar-refractivity contribution in [3.63, 3.8) is 0 Å². The van der Waals surface area contributed by atoms with Crippen molar-refractivity contribution < 1.29 is 5.11 Å². The number of hydrogen-bond acceptors (Lipinski definition) is 3. The lowest BCUT2D eigenvalue weighted by atomic mass is 10.0. The summed E-state index contributed by atoms with van der Waals surface area (Å²) in [5.74, 6) is 1.61. The van der Waals surface area contributed by atoms with E-state index in [0.717, 1.165) is 17.9 Å². The van der Waals surface area contributed by atoms with E-state index in [2.05, 4.69) is 37.7 Å². The summed E-state index contributed by atoms with van der Waals surface area (Å²) in [5, 5.41) is 9.05. The van der Waals surface area contributed by atoms with Gasteiger partial charge in [-0.25, -0.2) is 4.98 Å². The van der Waals surface area contributed by atoms with Crippen LogP contribution in [0.25, 0.3) is 0 Å². The molecule has 1 unspecified atom stereocenters. The Balaban J connectivity index is 2.74. The molecular weight excluding hydrogens is 200 g/mol. The highest BCUT2D eigenvalue weighted by molar-refractivity contribution is 5.39. The molecule has 3 nitrogen and oxygen atoms in total. The Morgan fingerprint density at radius 1 is 1.31 bits per heavy atom. The van der Waals surface area contributed by atoms with Gasteiger partial charge in [0.1, 0.15) is 5.82 Å². The summed E-state index contributed by atoms with van der Waals surface area (Å²) >= 11 is 0. The molecule has 0 saturated carbocycles. The number of pyridine rings is 1. The quantitative estimate of drug-likeness (QED) is 0.831. The smallest absolute Gasteiger partial charge is 0.128 e. The van der Waals surface area contributed by atoms with E-state index in [1.54, 1.807) is 0 Å². The van der Waals surface area contributed by atoms with Gasteiger partial charge in [0.25, 0.3) is 0 Å². The molecule has 1 atom stereocenters. The maximum atomic E-state index is 9.05. The predicted molar refractivity (Wildman–Crippen MR) is 67.5 cm³/mol. The van der Waals surface area contributed by atoms with Crippen LogP contribution in [0.4, 0.5) is 5.82 Å². The molecule has 1 rings (SSSR count). The van der Waals surface area contributed by atoms with Crippen molar-refractivity contribution >= 4 is 5.82 Å². The molecule has 1 aromatic rings. The molecule has 0 radical (unpaired) electrons. The summed E-state index contributed by atoms with van der Waals surface area (Å²) in [6.07, 6.45) is 1.14. The van der Waals surface area contributed by atoms with Crippen LogP contribution in [0.5, 0.6) is 0 Å². The Morgan fingerprint density at radius 2 is 2.00 bits per heavy atom. The minimum atomic E-state index is 0.000240. The molecule has 0 saturated heterocycles. The fraction of sp³-hybridized carbons (Fsp3) is 0.615. The molecule has 0 fully saturated rings. The van der Waals surface area contributed by atoms with Gasteiger partial charge in [-0.05, 0) is 31.4 Å². The van der Waals surface area contributed by atoms with E-state index >= 15 is 0 Å². The van der Waals surface area contributed by atoms with Crippen LogP contribution in [-0.4, -0.2) is 23.2 Å². The molecule has 0 aromatic carbocycles.